The van der Waals surface area contributed by atoms with E-state index in [1.807, 2.05) is 0 Å². The Hall–Kier alpha value is -2.58. The average Bonchev–Trinajstić information content (AvgIpc) is 3.07. The molecule has 1 aromatic carbocycles. The van der Waals surface area contributed by atoms with Gasteiger partial charge in [0, 0.05) is 36.5 Å². The third-order valence-electron chi connectivity index (χ3n) is 3.94. The number of anilines is 1. The average molecular weight is 381 g/mol. The summed E-state index contributed by atoms with van der Waals surface area (Å²) in [4.78, 5) is 23.4. The predicted molar refractivity (Wildman–Crippen MR) is 97.8 cm³/mol. The molecule has 1 aliphatic rings. The van der Waals surface area contributed by atoms with Gasteiger partial charge in [0.25, 0.3) is 5.91 Å². The summed E-state index contributed by atoms with van der Waals surface area (Å²) in [6.45, 7) is 1.76. The lowest BCUT2D eigenvalue weighted by Crippen LogP contribution is -2.25. The maximum Gasteiger partial charge on any atom is 0.308 e. The summed E-state index contributed by atoms with van der Waals surface area (Å²) in [7, 11) is 1.34. The van der Waals surface area contributed by atoms with Crippen molar-refractivity contribution in [3.63, 3.8) is 0 Å². The molecular formula is C17H21ClN4O4. The summed E-state index contributed by atoms with van der Waals surface area (Å²) in [6, 6.07) is 6.94. The van der Waals surface area contributed by atoms with E-state index in [2.05, 4.69) is 25.6 Å². The Morgan fingerprint density at radius 2 is 2.04 bits per heavy atom. The van der Waals surface area contributed by atoms with Crippen LogP contribution in [0.15, 0.2) is 24.3 Å². The van der Waals surface area contributed by atoms with Gasteiger partial charge in [0.1, 0.15) is 5.75 Å². The van der Waals surface area contributed by atoms with Gasteiger partial charge in [-0.25, -0.2) is 0 Å². The molecule has 140 valence electrons. The number of rotatable bonds is 6. The largest absolute Gasteiger partial charge is 0.493 e. The van der Waals surface area contributed by atoms with E-state index in [-0.39, 0.29) is 37.3 Å². The van der Waals surface area contributed by atoms with Crippen LogP contribution < -0.4 is 15.4 Å². The van der Waals surface area contributed by atoms with Gasteiger partial charge < -0.3 is 20.1 Å². The Morgan fingerprint density at radius 3 is 2.77 bits per heavy atom. The van der Waals surface area contributed by atoms with Crippen LogP contribution in [-0.4, -0.2) is 42.3 Å². The molecule has 26 heavy (non-hydrogen) atoms. The van der Waals surface area contributed by atoms with Crippen molar-refractivity contribution in [1.82, 2.24) is 15.5 Å². The van der Waals surface area contributed by atoms with E-state index >= 15 is 0 Å². The molecule has 0 aliphatic carbocycles. The molecule has 8 nitrogen and oxygen atoms in total. The Kier molecular flexibility index (Phi) is 6.99. The monoisotopic (exact) mass is 380 g/mol. The van der Waals surface area contributed by atoms with Gasteiger partial charge in [-0.15, -0.1) is 12.4 Å². The van der Waals surface area contributed by atoms with Crippen LogP contribution in [0, 0.1) is 0 Å². The van der Waals surface area contributed by atoms with Crippen LogP contribution in [0.4, 0.5) is 5.69 Å². The molecule has 1 aliphatic heterocycles. The van der Waals surface area contributed by atoms with E-state index in [9.17, 15) is 9.59 Å². The number of ether oxygens (including phenoxy) is 2. The second-order valence-electron chi connectivity index (χ2n) is 5.61. The fraction of sp³-hybridized carbons (Fsp3) is 0.353. The highest BCUT2D eigenvalue weighted by Crippen LogP contribution is 2.19. The van der Waals surface area contributed by atoms with Crippen molar-refractivity contribution in [3.8, 4) is 5.75 Å². The zero-order valence-corrected chi connectivity index (χ0v) is 15.1. The number of nitrogens with one attached hydrogen (secondary N) is 3. The van der Waals surface area contributed by atoms with Crippen LogP contribution in [0.3, 0.4) is 0 Å². The number of esters is 1. The van der Waals surface area contributed by atoms with Crippen LogP contribution in [0.1, 0.15) is 28.2 Å². The summed E-state index contributed by atoms with van der Waals surface area (Å²) < 4.78 is 9.99. The van der Waals surface area contributed by atoms with Gasteiger partial charge in [-0.05, 0) is 24.3 Å². The minimum atomic E-state index is -0.319. The Labute approximate surface area is 157 Å². The maximum atomic E-state index is 12.4. The van der Waals surface area contributed by atoms with E-state index in [0.717, 1.165) is 24.2 Å². The number of fused-ring (bicyclic) bond motifs is 1. The molecule has 2 aromatic rings. The number of benzene rings is 1. The van der Waals surface area contributed by atoms with Crippen LogP contribution in [0.2, 0.25) is 0 Å². The van der Waals surface area contributed by atoms with Crippen molar-refractivity contribution in [2.24, 2.45) is 0 Å². The van der Waals surface area contributed by atoms with Gasteiger partial charge in [0.15, 0.2) is 5.69 Å². The first kappa shape index (κ1) is 19.7. The zero-order chi connectivity index (χ0) is 17.6. The van der Waals surface area contributed by atoms with Crippen molar-refractivity contribution in [2.75, 3.05) is 25.6 Å². The molecule has 0 atom stereocenters. The third kappa shape index (κ3) is 4.74. The topological polar surface area (TPSA) is 105 Å². The van der Waals surface area contributed by atoms with Crippen molar-refractivity contribution in [1.29, 1.82) is 0 Å². The first-order valence-corrected chi connectivity index (χ1v) is 8.05. The number of carbonyl (C=O) groups is 2. The summed E-state index contributed by atoms with van der Waals surface area (Å²) >= 11 is 0. The van der Waals surface area contributed by atoms with Crippen LogP contribution in [0.25, 0.3) is 0 Å². The number of methoxy groups -OCH3 is 1. The molecule has 0 bridgehead atoms. The van der Waals surface area contributed by atoms with E-state index in [0.29, 0.717) is 23.7 Å². The lowest BCUT2D eigenvalue weighted by atomic mass is 10.1. The van der Waals surface area contributed by atoms with Crippen molar-refractivity contribution in [3.05, 3.63) is 41.2 Å². The van der Waals surface area contributed by atoms with Gasteiger partial charge >= 0.3 is 5.97 Å². The Morgan fingerprint density at radius 1 is 1.27 bits per heavy atom. The van der Waals surface area contributed by atoms with E-state index in [4.69, 9.17) is 4.74 Å². The van der Waals surface area contributed by atoms with Crippen LogP contribution >= 0.6 is 12.4 Å². The minimum absolute atomic E-state index is 0. The van der Waals surface area contributed by atoms with Gasteiger partial charge in [-0.3, -0.25) is 14.7 Å². The summed E-state index contributed by atoms with van der Waals surface area (Å²) in [5, 5.41) is 13.1. The number of aromatic amines is 1. The molecule has 2 heterocycles. The molecule has 1 aromatic heterocycles. The third-order valence-corrected chi connectivity index (χ3v) is 3.94. The highest BCUT2D eigenvalue weighted by molar-refractivity contribution is 6.04. The molecule has 0 saturated heterocycles. The Balaban J connectivity index is 0.00000243. The first-order valence-electron chi connectivity index (χ1n) is 8.05. The zero-order valence-electron chi connectivity index (χ0n) is 14.3. The number of amides is 1. The number of hydrogen-bond donors (Lipinski definition) is 3. The molecule has 0 radical (unpaired) electrons. The van der Waals surface area contributed by atoms with E-state index < -0.39 is 0 Å². The molecule has 0 spiro atoms. The first-order chi connectivity index (χ1) is 12.2. The fourth-order valence-electron chi connectivity index (χ4n) is 2.59. The van der Waals surface area contributed by atoms with Crippen LogP contribution in [-0.2, 0) is 22.5 Å². The SMILES string of the molecule is COC(=O)CCOc1ccc(NC(=O)c2n[nH]c3c2CNCC3)cc1.Cl. The van der Waals surface area contributed by atoms with Crippen molar-refractivity contribution < 1.29 is 19.1 Å². The summed E-state index contributed by atoms with van der Waals surface area (Å²) in [5.41, 5.74) is 3.00. The van der Waals surface area contributed by atoms with E-state index in [1.54, 1.807) is 24.3 Å². The number of halogens is 1. The van der Waals surface area contributed by atoms with Gasteiger partial charge in [-0.1, -0.05) is 0 Å². The number of aromatic nitrogens is 2. The van der Waals surface area contributed by atoms with Gasteiger partial charge in [0.2, 0.25) is 0 Å². The predicted octanol–water partition coefficient (Wildman–Crippen LogP) is 1.67. The van der Waals surface area contributed by atoms with Crippen molar-refractivity contribution >= 4 is 30.0 Å². The lowest BCUT2D eigenvalue weighted by Gasteiger charge is -2.13. The molecule has 0 unspecified atom stereocenters. The van der Waals surface area contributed by atoms with Crippen LogP contribution in [0.5, 0.6) is 5.75 Å². The molecule has 9 heteroatoms. The highest BCUT2D eigenvalue weighted by atomic mass is 35.5. The second-order valence-corrected chi connectivity index (χ2v) is 5.61. The number of hydrogen-bond acceptors (Lipinski definition) is 6. The highest BCUT2D eigenvalue weighted by Gasteiger charge is 2.21. The lowest BCUT2D eigenvalue weighted by molar-refractivity contribution is -0.141. The van der Waals surface area contributed by atoms with Gasteiger partial charge in [0.05, 0.1) is 20.1 Å². The molecule has 0 fully saturated rings. The van der Waals surface area contributed by atoms with Gasteiger partial charge in [-0.2, -0.15) is 5.10 Å². The standard InChI is InChI=1S/C17H20N4O4.ClH/c1-24-15(22)7-9-25-12-4-2-11(3-5-12)19-17(23)16-13-10-18-8-6-14(13)20-21-16;/h2-5,18H,6-10H2,1H3,(H,19,23)(H,20,21);1H. The molecular weight excluding hydrogens is 360 g/mol. The minimum Gasteiger partial charge on any atom is -0.493 e. The summed E-state index contributed by atoms with van der Waals surface area (Å²) in [5.74, 6) is 0.0459. The maximum absolute atomic E-state index is 12.4. The smallest absolute Gasteiger partial charge is 0.308 e. The summed E-state index contributed by atoms with van der Waals surface area (Å²) in [6.07, 6.45) is 1.03. The molecule has 1 amide bonds. The fourth-order valence-corrected chi connectivity index (χ4v) is 2.59. The van der Waals surface area contributed by atoms with E-state index in [1.165, 1.54) is 7.11 Å². The number of nitrogens with zero attached hydrogens (tertiary/aromatic N) is 1. The Bertz CT molecular complexity index is 761. The molecule has 3 N–H and O–H groups in total. The molecule has 0 saturated carbocycles. The molecule has 3 rings (SSSR count). The second kappa shape index (κ2) is 9.21. The number of H-pyrrole nitrogens is 1. The quantitative estimate of drug-likeness (QED) is 0.658. The normalized spacial score (nSPS) is 12.5. The van der Waals surface area contributed by atoms with Crippen molar-refractivity contribution in [2.45, 2.75) is 19.4 Å². The number of carbonyl (C=O) groups excluding carboxylic acids is 2.